The number of alkyl halides is 2. The highest BCUT2D eigenvalue weighted by atomic mass is 32.2. The number of sulfonamides is 1. The highest BCUT2D eigenvalue weighted by molar-refractivity contribution is 7.89. The molecule has 10 heteroatoms. The lowest BCUT2D eigenvalue weighted by Crippen LogP contribution is -2.47. The summed E-state index contributed by atoms with van der Waals surface area (Å²) in [7, 11) is -3.69. The van der Waals surface area contributed by atoms with E-state index in [-0.39, 0.29) is 16.2 Å². The first-order valence-electron chi connectivity index (χ1n) is 11.3. The predicted molar refractivity (Wildman–Crippen MR) is 112 cm³/mol. The number of ether oxygens (including phenoxy) is 3. The summed E-state index contributed by atoms with van der Waals surface area (Å²) < 4.78 is 68.4. The van der Waals surface area contributed by atoms with E-state index in [1.165, 1.54) is 35.0 Å². The fraction of sp³-hybridized carbons (Fsp3) is 0.727. The normalized spacial score (nSPS) is 31.3. The lowest BCUT2D eigenvalue weighted by atomic mass is 9.86. The Balaban J connectivity index is 1.18. The van der Waals surface area contributed by atoms with Gasteiger partial charge in [0, 0.05) is 37.7 Å². The Kier molecular flexibility index (Phi) is 5.94. The SMILES string of the molecule is O=S(=O)(c1ccc(OC(F)F)cc1)N1CCC2(CC1)C[C@@H](N1CC[C@@]3(CCOC3)C1)CO2. The summed E-state index contributed by atoms with van der Waals surface area (Å²) in [5, 5.41) is 0. The zero-order valence-corrected chi connectivity index (χ0v) is 18.9. The molecule has 7 nitrogen and oxygen atoms in total. The fourth-order valence-corrected chi connectivity index (χ4v) is 7.17. The Morgan fingerprint density at radius 1 is 1.06 bits per heavy atom. The Hall–Kier alpha value is -1.33. The third kappa shape index (κ3) is 4.27. The summed E-state index contributed by atoms with van der Waals surface area (Å²) in [6, 6.07) is 5.53. The molecule has 4 aliphatic heterocycles. The van der Waals surface area contributed by atoms with Crippen LogP contribution in [0.2, 0.25) is 0 Å². The summed E-state index contributed by atoms with van der Waals surface area (Å²) >= 11 is 0. The number of halogens is 2. The van der Waals surface area contributed by atoms with Gasteiger partial charge in [-0.15, -0.1) is 0 Å². The molecule has 32 heavy (non-hydrogen) atoms. The molecule has 2 spiro atoms. The first-order valence-corrected chi connectivity index (χ1v) is 12.7. The van der Waals surface area contributed by atoms with Crippen LogP contribution in [-0.4, -0.2) is 81.9 Å². The average Bonchev–Trinajstić information content (AvgIpc) is 3.50. The van der Waals surface area contributed by atoms with Gasteiger partial charge < -0.3 is 14.2 Å². The molecule has 0 amide bonds. The second kappa shape index (κ2) is 8.47. The Morgan fingerprint density at radius 2 is 1.81 bits per heavy atom. The van der Waals surface area contributed by atoms with Gasteiger partial charge in [0.2, 0.25) is 10.0 Å². The van der Waals surface area contributed by atoms with Crippen LogP contribution in [0.25, 0.3) is 0 Å². The molecular weight excluding hydrogens is 442 g/mol. The molecule has 0 radical (unpaired) electrons. The molecule has 1 aromatic rings. The smallest absolute Gasteiger partial charge is 0.387 e. The van der Waals surface area contributed by atoms with Crippen molar-refractivity contribution >= 4 is 10.0 Å². The summed E-state index contributed by atoms with van der Waals surface area (Å²) in [6.07, 6.45) is 4.60. The monoisotopic (exact) mass is 472 g/mol. The van der Waals surface area contributed by atoms with Crippen LogP contribution in [0.15, 0.2) is 29.2 Å². The quantitative estimate of drug-likeness (QED) is 0.657. The van der Waals surface area contributed by atoms with Gasteiger partial charge in [0.1, 0.15) is 5.75 Å². The molecule has 0 aliphatic carbocycles. The fourth-order valence-electron chi connectivity index (χ4n) is 5.73. The molecule has 0 saturated carbocycles. The Labute approximate surface area is 187 Å². The number of hydrogen-bond donors (Lipinski definition) is 0. The number of piperidine rings is 1. The first kappa shape index (κ1) is 22.5. The summed E-state index contributed by atoms with van der Waals surface area (Å²) in [4.78, 5) is 2.64. The van der Waals surface area contributed by atoms with Gasteiger partial charge >= 0.3 is 6.61 Å². The van der Waals surface area contributed by atoms with Crippen molar-refractivity contribution in [2.75, 3.05) is 46.0 Å². The van der Waals surface area contributed by atoms with Gasteiger partial charge in [-0.25, -0.2) is 8.42 Å². The van der Waals surface area contributed by atoms with E-state index in [4.69, 9.17) is 9.47 Å². The number of hydrogen-bond acceptors (Lipinski definition) is 6. The second-order valence-corrected chi connectivity index (χ2v) is 11.6. The first-order chi connectivity index (χ1) is 15.3. The molecule has 4 aliphatic rings. The van der Waals surface area contributed by atoms with Gasteiger partial charge in [0.05, 0.1) is 23.7 Å². The molecule has 4 fully saturated rings. The van der Waals surface area contributed by atoms with Crippen molar-refractivity contribution in [3.05, 3.63) is 24.3 Å². The minimum atomic E-state index is -3.69. The molecule has 0 aromatic heterocycles. The second-order valence-electron chi connectivity index (χ2n) is 9.63. The third-order valence-electron chi connectivity index (χ3n) is 7.68. The molecule has 2 atom stereocenters. The van der Waals surface area contributed by atoms with Crippen molar-refractivity contribution in [3.8, 4) is 5.75 Å². The molecule has 178 valence electrons. The van der Waals surface area contributed by atoms with Crippen LogP contribution < -0.4 is 4.74 Å². The lowest BCUT2D eigenvalue weighted by Gasteiger charge is -2.38. The molecule has 4 saturated heterocycles. The van der Waals surface area contributed by atoms with Crippen LogP contribution in [0, 0.1) is 5.41 Å². The van der Waals surface area contributed by atoms with Gasteiger partial charge in [-0.2, -0.15) is 13.1 Å². The van der Waals surface area contributed by atoms with E-state index >= 15 is 0 Å². The van der Waals surface area contributed by atoms with Crippen molar-refractivity contribution in [1.29, 1.82) is 0 Å². The van der Waals surface area contributed by atoms with E-state index in [2.05, 4.69) is 9.64 Å². The zero-order valence-electron chi connectivity index (χ0n) is 18.0. The molecule has 5 rings (SSSR count). The number of likely N-dealkylation sites (tertiary alicyclic amines) is 1. The topological polar surface area (TPSA) is 68.3 Å². The van der Waals surface area contributed by atoms with Crippen LogP contribution in [-0.2, 0) is 19.5 Å². The van der Waals surface area contributed by atoms with E-state index < -0.39 is 16.6 Å². The highest BCUT2D eigenvalue weighted by Crippen LogP contribution is 2.44. The van der Waals surface area contributed by atoms with E-state index in [1.807, 2.05) is 0 Å². The Morgan fingerprint density at radius 3 is 2.47 bits per heavy atom. The van der Waals surface area contributed by atoms with Crippen molar-refractivity contribution in [3.63, 3.8) is 0 Å². The lowest BCUT2D eigenvalue weighted by molar-refractivity contribution is -0.0498. The Bertz CT molecular complexity index is 913. The third-order valence-corrected chi connectivity index (χ3v) is 9.59. The molecule has 0 bridgehead atoms. The predicted octanol–water partition coefficient (Wildman–Crippen LogP) is 2.71. The van der Waals surface area contributed by atoms with Gasteiger partial charge in [0.25, 0.3) is 0 Å². The van der Waals surface area contributed by atoms with E-state index in [1.54, 1.807) is 0 Å². The molecule has 0 unspecified atom stereocenters. The van der Waals surface area contributed by atoms with Gasteiger partial charge in [0.15, 0.2) is 0 Å². The maximum atomic E-state index is 13.0. The largest absolute Gasteiger partial charge is 0.435 e. The average molecular weight is 473 g/mol. The summed E-state index contributed by atoms with van der Waals surface area (Å²) in [5.41, 5.74) is 0.0661. The van der Waals surface area contributed by atoms with E-state index in [9.17, 15) is 17.2 Å². The van der Waals surface area contributed by atoms with Crippen LogP contribution >= 0.6 is 0 Å². The number of nitrogens with zero attached hydrogens (tertiary/aromatic N) is 2. The highest BCUT2D eigenvalue weighted by Gasteiger charge is 2.49. The van der Waals surface area contributed by atoms with Crippen LogP contribution in [0.1, 0.15) is 32.1 Å². The number of benzene rings is 1. The van der Waals surface area contributed by atoms with E-state index in [0.29, 0.717) is 44.0 Å². The molecular formula is C22H30F2N2O5S. The van der Waals surface area contributed by atoms with Crippen LogP contribution in [0.4, 0.5) is 8.78 Å². The minimum absolute atomic E-state index is 0.0604. The maximum absolute atomic E-state index is 13.0. The van der Waals surface area contributed by atoms with Crippen molar-refractivity contribution in [2.24, 2.45) is 5.41 Å². The number of rotatable bonds is 5. The summed E-state index contributed by atoms with van der Waals surface area (Å²) in [5.74, 6) is -0.0604. The van der Waals surface area contributed by atoms with Gasteiger partial charge in [-0.05, 0) is 62.9 Å². The van der Waals surface area contributed by atoms with Gasteiger partial charge in [-0.1, -0.05) is 0 Å². The maximum Gasteiger partial charge on any atom is 0.387 e. The van der Waals surface area contributed by atoms with Crippen molar-refractivity contribution in [2.45, 2.75) is 55.3 Å². The van der Waals surface area contributed by atoms with Crippen molar-refractivity contribution < 1.29 is 31.4 Å². The van der Waals surface area contributed by atoms with Crippen LogP contribution in [0.5, 0.6) is 5.75 Å². The van der Waals surface area contributed by atoms with Crippen LogP contribution in [0.3, 0.4) is 0 Å². The molecule has 1 aromatic carbocycles. The zero-order chi connectivity index (χ0) is 22.4. The van der Waals surface area contributed by atoms with Gasteiger partial charge in [-0.3, -0.25) is 4.90 Å². The van der Waals surface area contributed by atoms with E-state index in [0.717, 1.165) is 39.1 Å². The minimum Gasteiger partial charge on any atom is -0.435 e. The van der Waals surface area contributed by atoms with Crippen molar-refractivity contribution in [1.82, 2.24) is 9.21 Å². The molecule has 0 N–H and O–H groups in total. The summed E-state index contributed by atoms with van der Waals surface area (Å²) in [6.45, 7) is 2.43. The standard InChI is InChI=1S/C22H30F2N2O5S/c23-20(24)31-18-1-3-19(4-2-18)32(27,28)26-10-6-22(7-11-26)13-17(14-30-22)25-9-5-21(15-25)8-12-29-16-21/h1-4,17,20H,5-16H2/t17-,21-/m1/s1. The molecule has 4 heterocycles.